The van der Waals surface area contributed by atoms with Gasteiger partial charge in [0.1, 0.15) is 24.4 Å². The van der Waals surface area contributed by atoms with Gasteiger partial charge in [-0.15, -0.1) is 0 Å². The summed E-state index contributed by atoms with van der Waals surface area (Å²) in [4.78, 5) is 11.9. The summed E-state index contributed by atoms with van der Waals surface area (Å²) in [5.41, 5.74) is 0.302. The first-order valence-corrected chi connectivity index (χ1v) is 8.51. The van der Waals surface area contributed by atoms with Gasteiger partial charge in [0, 0.05) is 5.92 Å². The van der Waals surface area contributed by atoms with Crippen molar-refractivity contribution in [2.24, 2.45) is 11.8 Å². The third-order valence-electron chi connectivity index (χ3n) is 5.08. The number of cyclic esters (lactones) is 1. The van der Waals surface area contributed by atoms with E-state index < -0.39 is 61.6 Å². The molecule has 3 aliphatic rings. The second kappa shape index (κ2) is 7.77. The SMILES string of the molecule is CC(O)C1C(O[C@@H]2O[C@H](CO)[C@@H](O)[C@H](O)[C@H]2O)OC=C2C(=O)OCCC21. The van der Waals surface area contributed by atoms with Gasteiger partial charge in [-0.3, -0.25) is 0 Å². The molecular formula is C16H24O10. The zero-order chi connectivity index (χ0) is 19.0. The maximum absolute atomic E-state index is 11.9. The minimum absolute atomic E-state index is 0.205. The Morgan fingerprint density at radius 2 is 1.96 bits per heavy atom. The van der Waals surface area contributed by atoms with Crippen molar-refractivity contribution in [2.45, 2.75) is 56.4 Å². The lowest BCUT2D eigenvalue weighted by Crippen LogP contribution is -2.60. The van der Waals surface area contributed by atoms with Crippen LogP contribution in [0.4, 0.5) is 0 Å². The molecule has 0 spiro atoms. The molecule has 0 radical (unpaired) electrons. The summed E-state index contributed by atoms with van der Waals surface area (Å²) >= 11 is 0. The molecule has 9 atom stereocenters. The van der Waals surface area contributed by atoms with Gasteiger partial charge in [0.15, 0.2) is 6.29 Å². The van der Waals surface area contributed by atoms with E-state index in [2.05, 4.69) is 0 Å². The highest BCUT2D eigenvalue weighted by Gasteiger charge is 2.49. The van der Waals surface area contributed by atoms with Crippen LogP contribution < -0.4 is 0 Å². The van der Waals surface area contributed by atoms with E-state index in [4.69, 9.17) is 18.9 Å². The predicted molar refractivity (Wildman–Crippen MR) is 82.0 cm³/mol. The van der Waals surface area contributed by atoms with Crippen LogP contribution in [0.1, 0.15) is 13.3 Å². The molecule has 0 saturated carbocycles. The molecule has 0 aliphatic carbocycles. The zero-order valence-electron chi connectivity index (χ0n) is 14.2. The summed E-state index contributed by atoms with van der Waals surface area (Å²) in [5.74, 6) is -1.52. The first kappa shape index (κ1) is 19.5. The summed E-state index contributed by atoms with van der Waals surface area (Å²) in [7, 11) is 0. The summed E-state index contributed by atoms with van der Waals surface area (Å²) in [5, 5.41) is 49.2. The number of esters is 1. The van der Waals surface area contributed by atoms with Gasteiger partial charge in [-0.25, -0.2) is 4.79 Å². The number of ether oxygens (including phenoxy) is 4. The van der Waals surface area contributed by atoms with Crippen LogP contribution in [0.3, 0.4) is 0 Å². The molecule has 0 aromatic rings. The van der Waals surface area contributed by atoms with Gasteiger partial charge in [-0.1, -0.05) is 0 Å². The van der Waals surface area contributed by atoms with E-state index in [1.807, 2.05) is 0 Å². The second-order valence-electron chi connectivity index (χ2n) is 6.76. The van der Waals surface area contributed by atoms with E-state index in [-0.39, 0.29) is 12.5 Å². The van der Waals surface area contributed by atoms with Crippen LogP contribution in [-0.2, 0) is 23.7 Å². The molecule has 0 aromatic heterocycles. The summed E-state index contributed by atoms with van der Waals surface area (Å²) in [6.45, 7) is 1.14. The number of hydrogen-bond donors (Lipinski definition) is 5. The van der Waals surface area contributed by atoms with Crippen molar-refractivity contribution in [3.63, 3.8) is 0 Å². The largest absolute Gasteiger partial charge is 0.471 e. The Labute approximate surface area is 149 Å². The molecule has 3 rings (SSSR count). The van der Waals surface area contributed by atoms with E-state index in [1.165, 1.54) is 13.2 Å². The van der Waals surface area contributed by atoms with Crippen molar-refractivity contribution >= 4 is 5.97 Å². The lowest BCUT2D eigenvalue weighted by Gasteiger charge is -2.44. The highest BCUT2D eigenvalue weighted by Crippen LogP contribution is 2.39. The molecule has 10 nitrogen and oxygen atoms in total. The number of hydrogen-bond acceptors (Lipinski definition) is 10. The normalized spacial score (nSPS) is 44.4. The molecule has 0 aromatic carbocycles. The Kier molecular flexibility index (Phi) is 5.82. The van der Waals surface area contributed by atoms with Gasteiger partial charge in [0.25, 0.3) is 0 Å². The van der Waals surface area contributed by atoms with Gasteiger partial charge in [0.05, 0.1) is 37.1 Å². The highest BCUT2D eigenvalue weighted by molar-refractivity contribution is 5.89. The molecule has 2 fully saturated rings. The molecule has 148 valence electrons. The summed E-state index contributed by atoms with van der Waals surface area (Å²) < 4.78 is 21.3. The molecule has 4 unspecified atom stereocenters. The summed E-state index contributed by atoms with van der Waals surface area (Å²) in [6, 6.07) is 0. The van der Waals surface area contributed by atoms with Crippen LogP contribution in [0.15, 0.2) is 11.8 Å². The van der Waals surface area contributed by atoms with Crippen LogP contribution in [0, 0.1) is 11.8 Å². The standard InChI is InChI=1S/C16H24O10/c1-6(18)10-7-2-3-23-14(22)8(7)5-24-15(10)26-16-13(21)12(20)11(19)9(4-17)25-16/h5-7,9-13,15-21H,2-4H2,1H3/t6?,7?,9-,10?,11-,12+,13-,15?,16+/m1/s1. The van der Waals surface area contributed by atoms with Crippen LogP contribution in [0.2, 0.25) is 0 Å². The lowest BCUT2D eigenvalue weighted by atomic mass is 9.78. The monoisotopic (exact) mass is 376 g/mol. The van der Waals surface area contributed by atoms with E-state index in [0.29, 0.717) is 12.0 Å². The molecule has 3 aliphatic heterocycles. The van der Waals surface area contributed by atoms with Gasteiger partial charge in [-0.05, 0) is 13.3 Å². The Morgan fingerprint density at radius 3 is 2.62 bits per heavy atom. The first-order chi connectivity index (χ1) is 12.3. The molecule has 0 amide bonds. The molecule has 10 heteroatoms. The molecule has 2 saturated heterocycles. The minimum atomic E-state index is -1.59. The maximum atomic E-state index is 11.9. The fourth-order valence-electron chi connectivity index (χ4n) is 3.62. The topological polar surface area (TPSA) is 155 Å². The van der Waals surface area contributed by atoms with Crippen molar-refractivity contribution in [1.29, 1.82) is 0 Å². The fourth-order valence-corrected chi connectivity index (χ4v) is 3.62. The maximum Gasteiger partial charge on any atom is 0.337 e. The van der Waals surface area contributed by atoms with Crippen molar-refractivity contribution < 1.29 is 49.3 Å². The van der Waals surface area contributed by atoms with Crippen LogP contribution in [0.5, 0.6) is 0 Å². The van der Waals surface area contributed by atoms with Crippen molar-refractivity contribution in [3.8, 4) is 0 Å². The van der Waals surface area contributed by atoms with Gasteiger partial charge < -0.3 is 44.5 Å². The second-order valence-corrected chi connectivity index (χ2v) is 6.76. The Balaban J connectivity index is 1.78. The van der Waals surface area contributed by atoms with Crippen LogP contribution in [0.25, 0.3) is 0 Å². The number of rotatable bonds is 4. The van der Waals surface area contributed by atoms with E-state index in [1.54, 1.807) is 0 Å². The third-order valence-corrected chi connectivity index (χ3v) is 5.08. The lowest BCUT2D eigenvalue weighted by molar-refractivity contribution is -0.345. The first-order valence-electron chi connectivity index (χ1n) is 8.51. The van der Waals surface area contributed by atoms with E-state index in [9.17, 15) is 30.3 Å². The fraction of sp³-hybridized carbons (Fsp3) is 0.812. The molecule has 5 N–H and O–H groups in total. The van der Waals surface area contributed by atoms with Gasteiger partial charge in [-0.2, -0.15) is 0 Å². The zero-order valence-corrected chi connectivity index (χ0v) is 14.2. The van der Waals surface area contributed by atoms with Gasteiger partial charge in [0.2, 0.25) is 6.29 Å². The average molecular weight is 376 g/mol. The number of fused-ring (bicyclic) bond motifs is 1. The van der Waals surface area contributed by atoms with Crippen LogP contribution in [-0.4, -0.2) is 87.8 Å². The van der Waals surface area contributed by atoms with E-state index in [0.717, 1.165) is 0 Å². The molecular weight excluding hydrogens is 352 g/mol. The molecule has 26 heavy (non-hydrogen) atoms. The van der Waals surface area contributed by atoms with Crippen molar-refractivity contribution in [2.75, 3.05) is 13.2 Å². The number of aliphatic hydroxyl groups excluding tert-OH is 5. The Morgan fingerprint density at radius 1 is 1.23 bits per heavy atom. The average Bonchev–Trinajstić information content (AvgIpc) is 2.61. The summed E-state index contributed by atoms with van der Waals surface area (Å²) in [6.07, 6.45) is -7.51. The molecule has 0 bridgehead atoms. The number of aliphatic hydroxyl groups is 5. The minimum Gasteiger partial charge on any atom is -0.471 e. The number of carbonyl (C=O) groups excluding carboxylic acids is 1. The van der Waals surface area contributed by atoms with Gasteiger partial charge >= 0.3 is 5.97 Å². The Bertz CT molecular complexity index is 547. The van der Waals surface area contributed by atoms with Crippen LogP contribution >= 0.6 is 0 Å². The third kappa shape index (κ3) is 3.46. The van der Waals surface area contributed by atoms with E-state index >= 15 is 0 Å². The number of carbonyl (C=O) groups is 1. The smallest absolute Gasteiger partial charge is 0.337 e. The van der Waals surface area contributed by atoms with Crippen molar-refractivity contribution in [3.05, 3.63) is 11.8 Å². The predicted octanol–water partition coefficient (Wildman–Crippen LogP) is -2.40. The highest BCUT2D eigenvalue weighted by atomic mass is 16.8. The Hall–Kier alpha value is -1.27. The molecule has 3 heterocycles. The van der Waals surface area contributed by atoms with Crippen molar-refractivity contribution in [1.82, 2.24) is 0 Å². The quantitative estimate of drug-likeness (QED) is 0.335.